The topological polar surface area (TPSA) is 84.3 Å². The number of halogens is 3. The van der Waals surface area contributed by atoms with Crippen LogP contribution in [0.4, 0.5) is 13.2 Å². The number of amides is 1. The van der Waals surface area contributed by atoms with Crippen molar-refractivity contribution in [2.45, 2.75) is 71.6 Å². The van der Waals surface area contributed by atoms with Gasteiger partial charge in [0.25, 0.3) is 0 Å². The van der Waals surface area contributed by atoms with E-state index in [4.69, 9.17) is 0 Å². The Morgan fingerprint density at radius 3 is 2.18 bits per heavy atom. The molecule has 0 spiro atoms. The third kappa shape index (κ3) is 7.08. The molecule has 28 heavy (non-hydrogen) atoms. The van der Waals surface area contributed by atoms with Crippen molar-refractivity contribution in [2.24, 2.45) is 5.92 Å². The lowest BCUT2D eigenvalue weighted by molar-refractivity contribution is -0.162. The normalized spacial score (nSPS) is 13.2. The maximum atomic E-state index is 12.8. The summed E-state index contributed by atoms with van der Waals surface area (Å²) in [6, 6.07) is 0. The minimum Gasteiger partial charge on any atom is -0.332 e. The fourth-order valence-corrected chi connectivity index (χ4v) is 4.65. The third-order valence-electron chi connectivity index (χ3n) is 3.62. The van der Waals surface area contributed by atoms with Crippen LogP contribution in [0.15, 0.2) is 4.90 Å². The number of sulfonamides is 1. The van der Waals surface area contributed by atoms with Gasteiger partial charge < -0.3 is 4.90 Å². The second-order valence-electron chi connectivity index (χ2n) is 8.30. The van der Waals surface area contributed by atoms with E-state index in [-0.39, 0.29) is 28.7 Å². The molecule has 0 aliphatic heterocycles. The van der Waals surface area contributed by atoms with E-state index in [9.17, 15) is 26.4 Å². The van der Waals surface area contributed by atoms with Crippen LogP contribution in [0.2, 0.25) is 0 Å². The van der Waals surface area contributed by atoms with Crippen molar-refractivity contribution < 1.29 is 26.4 Å². The van der Waals surface area contributed by atoms with Gasteiger partial charge in [0.05, 0.1) is 11.4 Å². The molecule has 1 N–H and O–H groups in total. The SMILES string of the molecule is Cc1nn(CC(=O)N(CC(C)C)CC(F)(F)F)c(C)c1S(=O)(=O)NC(C)(C)C. The van der Waals surface area contributed by atoms with E-state index in [1.165, 1.54) is 13.8 Å². The molecule has 0 unspecified atom stereocenters. The first-order chi connectivity index (χ1) is 12.4. The number of hydrogen-bond acceptors (Lipinski definition) is 4. The van der Waals surface area contributed by atoms with E-state index in [1.54, 1.807) is 34.6 Å². The second-order valence-corrected chi connectivity index (χ2v) is 9.92. The van der Waals surface area contributed by atoms with E-state index in [2.05, 4.69) is 9.82 Å². The van der Waals surface area contributed by atoms with Crippen LogP contribution in [0.1, 0.15) is 46.0 Å². The van der Waals surface area contributed by atoms with Crippen LogP contribution in [0, 0.1) is 19.8 Å². The molecule has 0 radical (unpaired) electrons. The highest BCUT2D eigenvalue weighted by Gasteiger charge is 2.34. The molecule has 1 rings (SSSR count). The highest BCUT2D eigenvalue weighted by Crippen LogP contribution is 2.22. The molecular weight excluding hydrogens is 397 g/mol. The van der Waals surface area contributed by atoms with Crippen LogP contribution in [-0.4, -0.2) is 53.8 Å². The number of aryl methyl sites for hydroxylation is 1. The molecule has 7 nitrogen and oxygen atoms in total. The first-order valence-corrected chi connectivity index (χ1v) is 10.3. The molecule has 0 bridgehead atoms. The first kappa shape index (κ1) is 24.4. The largest absolute Gasteiger partial charge is 0.406 e. The van der Waals surface area contributed by atoms with Crippen LogP contribution in [0.3, 0.4) is 0 Å². The van der Waals surface area contributed by atoms with Gasteiger partial charge in [-0.25, -0.2) is 13.1 Å². The lowest BCUT2D eigenvalue weighted by Gasteiger charge is -2.26. The quantitative estimate of drug-likeness (QED) is 0.727. The Bertz CT molecular complexity index is 809. The van der Waals surface area contributed by atoms with E-state index in [0.29, 0.717) is 0 Å². The van der Waals surface area contributed by atoms with Gasteiger partial charge in [-0.3, -0.25) is 9.48 Å². The van der Waals surface area contributed by atoms with Crippen LogP contribution < -0.4 is 4.72 Å². The van der Waals surface area contributed by atoms with Gasteiger partial charge >= 0.3 is 6.18 Å². The molecule has 0 fully saturated rings. The molecule has 1 aromatic rings. The van der Waals surface area contributed by atoms with Crippen molar-refractivity contribution in [1.29, 1.82) is 0 Å². The number of carbonyl (C=O) groups is 1. The third-order valence-corrected chi connectivity index (χ3v) is 5.63. The van der Waals surface area contributed by atoms with Gasteiger partial charge in [-0.05, 0) is 40.5 Å². The fourth-order valence-electron chi connectivity index (χ4n) is 2.82. The summed E-state index contributed by atoms with van der Waals surface area (Å²) in [5, 5.41) is 4.07. The summed E-state index contributed by atoms with van der Waals surface area (Å²) in [6.07, 6.45) is -4.52. The number of rotatable bonds is 7. The number of hydrogen-bond donors (Lipinski definition) is 1. The van der Waals surface area contributed by atoms with E-state index in [1.807, 2.05) is 0 Å². The van der Waals surface area contributed by atoms with Gasteiger partial charge in [-0.15, -0.1) is 0 Å². The van der Waals surface area contributed by atoms with E-state index < -0.39 is 40.7 Å². The standard InChI is InChI=1S/C17H29F3N4O3S/c1-11(2)8-23(10-17(18,19)20)14(25)9-24-13(4)15(12(3)21-24)28(26,27)22-16(5,6)7/h11,22H,8-10H2,1-7H3. The Kier molecular flexibility index (Phi) is 7.32. The van der Waals surface area contributed by atoms with Gasteiger partial charge in [-0.1, -0.05) is 13.8 Å². The molecule has 0 saturated carbocycles. The highest BCUT2D eigenvalue weighted by molar-refractivity contribution is 7.89. The number of nitrogens with zero attached hydrogens (tertiary/aromatic N) is 3. The van der Waals surface area contributed by atoms with Gasteiger partial charge in [-0.2, -0.15) is 18.3 Å². The highest BCUT2D eigenvalue weighted by atomic mass is 32.2. The summed E-state index contributed by atoms with van der Waals surface area (Å²) in [5.41, 5.74) is -0.358. The van der Waals surface area contributed by atoms with Crippen molar-refractivity contribution >= 4 is 15.9 Å². The molecular formula is C17H29F3N4O3S. The van der Waals surface area contributed by atoms with Gasteiger partial charge in [0.1, 0.15) is 18.0 Å². The lowest BCUT2D eigenvalue weighted by Crippen LogP contribution is -2.43. The Labute approximate surface area is 164 Å². The first-order valence-electron chi connectivity index (χ1n) is 8.85. The monoisotopic (exact) mass is 426 g/mol. The Morgan fingerprint density at radius 2 is 1.75 bits per heavy atom. The van der Waals surface area contributed by atoms with Crippen molar-refractivity contribution in [3.63, 3.8) is 0 Å². The lowest BCUT2D eigenvalue weighted by atomic mass is 10.1. The number of alkyl halides is 3. The molecule has 11 heteroatoms. The van der Waals surface area contributed by atoms with Crippen LogP contribution in [0.25, 0.3) is 0 Å². The van der Waals surface area contributed by atoms with Crippen LogP contribution in [-0.2, 0) is 21.4 Å². The second kappa shape index (κ2) is 8.40. The predicted molar refractivity (Wildman–Crippen MR) is 99.2 cm³/mol. The maximum Gasteiger partial charge on any atom is 0.406 e. The minimum absolute atomic E-state index is 0.0611. The Balaban J connectivity index is 3.17. The summed E-state index contributed by atoms with van der Waals surface area (Å²) in [6.45, 7) is 9.53. The van der Waals surface area contributed by atoms with E-state index >= 15 is 0 Å². The Morgan fingerprint density at radius 1 is 1.21 bits per heavy atom. The fraction of sp³-hybridized carbons (Fsp3) is 0.765. The summed E-state index contributed by atoms with van der Waals surface area (Å²) in [7, 11) is -3.90. The van der Waals surface area contributed by atoms with Gasteiger partial charge in [0.2, 0.25) is 15.9 Å². The van der Waals surface area contributed by atoms with E-state index in [0.717, 1.165) is 9.58 Å². The molecule has 0 saturated heterocycles. The average molecular weight is 427 g/mol. The average Bonchev–Trinajstić information content (AvgIpc) is 2.68. The number of nitrogens with one attached hydrogen (secondary N) is 1. The number of aromatic nitrogens is 2. The van der Waals surface area contributed by atoms with Crippen molar-refractivity contribution in [2.75, 3.05) is 13.1 Å². The minimum atomic E-state index is -4.52. The van der Waals surface area contributed by atoms with Gasteiger partial charge in [0.15, 0.2) is 0 Å². The number of carbonyl (C=O) groups excluding carboxylic acids is 1. The molecule has 0 aromatic carbocycles. The smallest absolute Gasteiger partial charge is 0.332 e. The predicted octanol–water partition coefficient (Wildman–Crippen LogP) is 2.62. The van der Waals surface area contributed by atoms with Crippen LogP contribution >= 0.6 is 0 Å². The molecule has 0 atom stereocenters. The molecule has 0 aliphatic rings. The van der Waals surface area contributed by atoms with Gasteiger partial charge in [0, 0.05) is 12.1 Å². The summed E-state index contributed by atoms with van der Waals surface area (Å²) in [5.74, 6) is -0.928. The molecule has 0 aliphatic carbocycles. The van der Waals surface area contributed by atoms with Crippen molar-refractivity contribution in [1.82, 2.24) is 19.4 Å². The van der Waals surface area contributed by atoms with Crippen LogP contribution in [0.5, 0.6) is 0 Å². The summed E-state index contributed by atoms with van der Waals surface area (Å²) < 4.78 is 67.4. The van der Waals surface area contributed by atoms with Crippen molar-refractivity contribution in [3.8, 4) is 0 Å². The summed E-state index contributed by atoms with van der Waals surface area (Å²) in [4.78, 5) is 13.1. The zero-order valence-electron chi connectivity index (χ0n) is 17.3. The van der Waals surface area contributed by atoms with Crippen molar-refractivity contribution in [3.05, 3.63) is 11.4 Å². The summed E-state index contributed by atoms with van der Waals surface area (Å²) >= 11 is 0. The Hall–Kier alpha value is -1.62. The zero-order chi connectivity index (χ0) is 22.1. The molecule has 1 aromatic heterocycles. The molecule has 162 valence electrons. The maximum absolute atomic E-state index is 12.8. The zero-order valence-corrected chi connectivity index (χ0v) is 18.1. The molecule has 1 amide bonds. The molecule has 1 heterocycles.